The Morgan fingerprint density at radius 1 is 1.46 bits per heavy atom. The average molecular weight is 345 g/mol. The van der Waals surface area contributed by atoms with Gasteiger partial charge < -0.3 is 14.7 Å². The van der Waals surface area contributed by atoms with Gasteiger partial charge in [0.15, 0.2) is 0 Å². The van der Waals surface area contributed by atoms with Crippen LogP contribution in [0.4, 0.5) is 4.79 Å². The molecule has 1 aliphatic heterocycles. The third-order valence-electron chi connectivity index (χ3n) is 3.94. The van der Waals surface area contributed by atoms with Crippen molar-refractivity contribution in [2.75, 3.05) is 19.6 Å². The SMILES string of the molecule is C#CCNC(=O)N1CCCC(c2nc(-c3ccc(Cl)cc3)no2)C1. The lowest BCUT2D eigenvalue weighted by atomic mass is 9.98. The van der Waals surface area contributed by atoms with Gasteiger partial charge in [-0.05, 0) is 37.1 Å². The molecule has 7 heteroatoms. The van der Waals surface area contributed by atoms with Crippen LogP contribution in [-0.4, -0.2) is 40.7 Å². The molecule has 1 atom stereocenters. The summed E-state index contributed by atoms with van der Waals surface area (Å²) in [6.45, 7) is 1.46. The Labute approximate surface area is 145 Å². The fourth-order valence-corrected chi connectivity index (χ4v) is 2.84. The van der Waals surface area contributed by atoms with Crippen LogP contribution in [0.15, 0.2) is 28.8 Å². The molecule has 1 unspecified atom stereocenters. The lowest BCUT2D eigenvalue weighted by molar-refractivity contribution is 0.173. The van der Waals surface area contributed by atoms with Crippen molar-refractivity contribution < 1.29 is 9.32 Å². The molecule has 2 heterocycles. The fraction of sp³-hybridized carbons (Fsp3) is 0.353. The van der Waals surface area contributed by atoms with Crippen molar-refractivity contribution >= 4 is 17.6 Å². The molecule has 0 saturated carbocycles. The zero-order valence-electron chi connectivity index (χ0n) is 13.0. The average Bonchev–Trinajstić information content (AvgIpc) is 3.10. The molecule has 1 aliphatic rings. The van der Waals surface area contributed by atoms with Gasteiger partial charge >= 0.3 is 6.03 Å². The number of urea groups is 1. The molecule has 0 radical (unpaired) electrons. The van der Waals surface area contributed by atoms with Crippen LogP contribution < -0.4 is 5.32 Å². The maximum atomic E-state index is 12.0. The Kier molecular flexibility index (Phi) is 5.02. The standard InChI is InChI=1S/C17H17ClN4O2/c1-2-9-19-17(23)22-10-3-4-13(11-22)16-20-15(21-24-16)12-5-7-14(18)8-6-12/h1,5-8,13H,3-4,9-11H2,(H,19,23). The number of amides is 2. The van der Waals surface area contributed by atoms with E-state index in [1.165, 1.54) is 0 Å². The first-order valence-corrected chi connectivity index (χ1v) is 8.11. The van der Waals surface area contributed by atoms with Gasteiger partial charge in [0.25, 0.3) is 0 Å². The maximum Gasteiger partial charge on any atom is 0.318 e. The zero-order valence-corrected chi connectivity index (χ0v) is 13.8. The van der Waals surface area contributed by atoms with Gasteiger partial charge in [-0.1, -0.05) is 22.7 Å². The number of hydrogen-bond donors (Lipinski definition) is 1. The number of aromatic nitrogens is 2. The number of hydrogen-bond acceptors (Lipinski definition) is 4. The van der Waals surface area contributed by atoms with E-state index in [2.05, 4.69) is 21.4 Å². The van der Waals surface area contributed by atoms with Crippen molar-refractivity contribution in [2.45, 2.75) is 18.8 Å². The van der Waals surface area contributed by atoms with Gasteiger partial charge in [0.05, 0.1) is 12.5 Å². The van der Waals surface area contributed by atoms with Gasteiger partial charge in [0.1, 0.15) is 0 Å². The molecule has 24 heavy (non-hydrogen) atoms. The molecule has 6 nitrogen and oxygen atoms in total. The number of carbonyl (C=O) groups is 1. The van der Waals surface area contributed by atoms with E-state index >= 15 is 0 Å². The summed E-state index contributed by atoms with van der Waals surface area (Å²) in [7, 11) is 0. The predicted octanol–water partition coefficient (Wildman–Crippen LogP) is 2.91. The monoisotopic (exact) mass is 344 g/mol. The van der Waals surface area contributed by atoms with E-state index in [0.717, 1.165) is 18.4 Å². The Balaban J connectivity index is 1.69. The van der Waals surface area contributed by atoms with Crippen LogP contribution in [0, 0.1) is 12.3 Å². The Hall–Kier alpha value is -2.52. The molecule has 2 aromatic rings. The third kappa shape index (κ3) is 3.69. The smallest absolute Gasteiger partial charge is 0.318 e. The van der Waals surface area contributed by atoms with E-state index in [1.807, 2.05) is 12.1 Å². The number of halogens is 1. The van der Waals surface area contributed by atoms with Gasteiger partial charge in [-0.15, -0.1) is 6.42 Å². The number of carbonyl (C=O) groups excluding carboxylic acids is 1. The summed E-state index contributed by atoms with van der Waals surface area (Å²) in [5, 5.41) is 7.37. The molecular weight excluding hydrogens is 328 g/mol. The summed E-state index contributed by atoms with van der Waals surface area (Å²) < 4.78 is 5.41. The first-order chi connectivity index (χ1) is 11.7. The molecular formula is C17H17ClN4O2. The van der Waals surface area contributed by atoms with Crippen LogP contribution in [-0.2, 0) is 0 Å². The molecule has 1 saturated heterocycles. The minimum Gasteiger partial charge on any atom is -0.339 e. The summed E-state index contributed by atoms with van der Waals surface area (Å²) >= 11 is 5.89. The highest BCUT2D eigenvalue weighted by atomic mass is 35.5. The molecule has 0 bridgehead atoms. The van der Waals surface area contributed by atoms with Gasteiger partial charge in [-0.3, -0.25) is 0 Å². The van der Waals surface area contributed by atoms with Crippen LogP contribution in [0.5, 0.6) is 0 Å². The normalized spacial score (nSPS) is 17.3. The second kappa shape index (κ2) is 7.37. The Morgan fingerprint density at radius 2 is 2.25 bits per heavy atom. The first kappa shape index (κ1) is 16.3. The van der Waals surface area contributed by atoms with Gasteiger partial charge in [-0.25, -0.2) is 4.79 Å². The van der Waals surface area contributed by atoms with Crippen LogP contribution in [0.3, 0.4) is 0 Å². The van der Waals surface area contributed by atoms with Gasteiger partial charge in [-0.2, -0.15) is 4.98 Å². The number of nitrogens with one attached hydrogen (secondary N) is 1. The van der Waals surface area contributed by atoms with E-state index in [9.17, 15) is 4.79 Å². The van der Waals surface area contributed by atoms with Crippen LogP contribution >= 0.6 is 11.6 Å². The van der Waals surface area contributed by atoms with E-state index in [0.29, 0.717) is 29.8 Å². The number of terminal acetylenes is 1. The lowest BCUT2D eigenvalue weighted by Crippen LogP contribution is -2.45. The summed E-state index contributed by atoms with van der Waals surface area (Å²) in [5.41, 5.74) is 0.842. The van der Waals surface area contributed by atoms with Gasteiger partial charge in [0.2, 0.25) is 11.7 Å². The highest BCUT2D eigenvalue weighted by molar-refractivity contribution is 6.30. The quantitative estimate of drug-likeness (QED) is 0.869. The molecule has 3 rings (SSSR count). The second-order valence-electron chi connectivity index (χ2n) is 5.61. The molecule has 0 aliphatic carbocycles. The number of nitrogens with zero attached hydrogens (tertiary/aromatic N) is 3. The largest absolute Gasteiger partial charge is 0.339 e. The van der Waals surface area contributed by atoms with E-state index in [-0.39, 0.29) is 18.5 Å². The van der Waals surface area contributed by atoms with Crippen molar-refractivity contribution in [3.63, 3.8) is 0 Å². The van der Waals surface area contributed by atoms with Crippen LogP contribution in [0.2, 0.25) is 5.02 Å². The summed E-state index contributed by atoms with van der Waals surface area (Å²) in [6, 6.07) is 7.10. The molecule has 1 fully saturated rings. The first-order valence-electron chi connectivity index (χ1n) is 7.73. The van der Waals surface area contributed by atoms with Crippen LogP contribution in [0.1, 0.15) is 24.7 Å². The zero-order chi connectivity index (χ0) is 16.9. The number of likely N-dealkylation sites (tertiary alicyclic amines) is 1. The topological polar surface area (TPSA) is 71.3 Å². The molecule has 1 N–H and O–H groups in total. The van der Waals surface area contributed by atoms with E-state index in [1.54, 1.807) is 17.0 Å². The molecule has 124 valence electrons. The van der Waals surface area contributed by atoms with Gasteiger partial charge in [0, 0.05) is 23.7 Å². The summed E-state index contributed by atoms with van der Waals surface area (Å²) in [4.78, 5) is 18.2. The minimum atomic E-state index is -0.157. The molecule has 1 aromatic heterocycles. The minimum absolute atomic E-state index is 0.0314. The highest BCUT2D eigenvalue weighted by Crippen LogP contribution is 2.27. The Morgan fingerprint density at radius 3 is 3.00 bits per heavy atom. The third-order valence-corrected chi connectivity index (χ3v) is 4.20. The summed E-state index contributed by atoms with van der Waals surface area (Å²) in [6.07, 6.45) is 6.95. The number of piperidine rings is 1. The maximum absolute atomic E-state index is 12.0. The Bertz CT molecular complexity index is 751. The lowest BCUT2D eigenvalue weighted by Gasteiger charge is -2.30. The van der Waals surface area contributed by atoms with Crippen molar-refractivity contribution in [3.05, 3.63) is 35.2 Å². The molecule has 0 spiro atoms. The summed E-state index contributed by atoms with van der Waals surface area (Å²) in [5.74, 6) is 3.50. The number of benzene rings is 1. The van der Waals surface area contributed by atoms with E-state index < -0.39 is 0 Å². The molecule has 1 aromatic carbocycles. The molecule has 2 amide bonds. The van der Waals surface area contributed by atoms with Crippen molar-refractivity contribution in [2.24, 2.45) is 0 Å². The predicted molar refractivity (Wildman–Crippen MR) is 90.5 cm³/mol. The number of rotatable bonds is 3. The van der Waals surface area contributed by atoms with Crippen LogP contribution in [0.25, 0.3) is 11.4 Å². The van der Waals surface area contributed by atoms with Crippen molar-refractivity contribution in [1.29, 1.82) is 0 Å². The van der Waals surface area contributed by atoms with E-state index in [4.69, 9.17) is 22.5 Å². The van der Waals surface area contributed by atoms with Crippen molar-refractivity contribution in [3.8, 4) is 23.7 Å². The fourth-order valence-electron chi connectivity index (χ4n) is 2.72. The highest BCUT2D eigenvalue weighted by Gasteiger charge is 2.28. The second-order valence-corrected chi connectivity index (χ2v) is 6.05. The van der Waals surface area contributed by atoms with Crippen molar-refractivity contribution in [1.82, 2.24) is 20.4 Å².